The van der Waals surface area contributed by atoms with Crippen molar-refractivity contribution in [2.24, 2.45) is 0 Å². The van der Waals surface area contributed by atoms with Gasteiger partial charge in [0.05, 0.1) is 11.6 Å². The second-order valence-corrected chi connectivity index (χ2v) is 6.61. The number of amides is 2. The van der Waals surface area contributed by atoms with E-state index in [2.05, 4.69) is 20.4 Å². The molecule has 0 bridgehead atoms. The number of hydrogen-bond acceptors (Lipinski definition) is 6. The van der Waals surface area contributed by atoms with E-state index in [1.165, 1.54) is 0 Å². The molecule has 1 fully saturated rings. The maximum Gasteiger partial charge on any atom is 0.434 e. The Kier molecular flexibility index (Phi) is 4.93. The molecule has 1 N–H and O–H groups in total. The van der Waals surface area contributed by atoms with Crippen molar-refractivity contribution in [3.05, 3.63) is 27.8 Å². The largest absolute Gasteiger partial charge is 0.434 e. The first-order chi connectivity index (χ1) is 11.8. The van der Waals surface area contributed by atoms with Crippen LogP contribution in [0.2, 0.25) is 0 Å². The predicted molar refractivity (Wildman–Crippen MR) is 81.9 cm³/mol. The van der Waals surface area contributed by atoms with Crippen LogP contribution in [0.1, 0.15) is 41.2 Å². The molecule has 25 heavy (non-hydrogen) atoms. The molecule has 2 amide bonds. The molecular weight excluding hydrogens is 359 g/mol. The van der Waals surface area contributed by atoms with Crippen molar-refractivity contribution >= 4 is 17.4 Å². The molecule has 0 radical (unpaired) electrons. The van der Waals surface area contributed by atoms with Crippen molar-refractivity contribution in [1.82, 2.24) is 25.3 Å². The van der Waals surface area contributed by atoms with E-state index < -0.39 is 11.9 Å². The molecule has 0 atom stereocenters. The monoisotopic (exact) mass is 375 g/mol. The van der Waals surface area contributed by atoms with E-state index >= 15 is 0 Å². The van der Waals surface area contributed by atoms with E-state index in [0.29, 0.717) is 42.7 Å². The minimum atomic E-state index is -4.41. The number of nitrogens with zero attached hydrogens (tertiary/aromatic N) is 4. The van der Waals surface area contributed by atoms with Crippen molar-refractivity contribution in [2.45, 2.75) is 38.4 Å². The van der Waals surface area contributed by atoms with E-state index in [0.717, 1.165) is 16.7 Å². The standard InChI is InChI=1S/C14H16F3N5O2S/c1-8-19-11(21-24-8)6-18-13(23)22-4-2-9(3-5-22)12-20-10(7-25-12)14(15,16)17/h7,9H,2-6H2,1H3,(H,18,23). The van der Waals surface area contributed by atoms with Gasteiger partial charge in [0.25, 0.3) is 0 Å². The second kappa shape index (κ2) is 6.98. The van der Waals surface area contributed by atoms with Crippen LogP contribution >= 0.6 is 11.3 Å². The molecule has 3 heterocycles. The average Bonchev–Trinajstić information content (AvgIpc) is 3.21. The van der Waals surface area contributed by atoms with Crippen LogP contribution < -0.4 is 5.32 Å². The minimum Gasteiger partial charge on any atom is -0.340 e. The number of rotatable bonds is 3. The summed E-state index contributed by atoms with van der Waals surface area (Å²) in [5, 5.41) is 7.91. The lowest BCUT2D eigenvalue weighted by atomic mass is 9.98. The Hall–Kier alpha value is -2.17. The first kappa shape index (κ1) is 17.6. The highest BCUT2D eigenvalue weighted by atomic mass is 32.1. The van der Waals surface area contributed by atoms with Gasteiger partial charge >= 0.3 is 12.2 Å². The predicted octanol–water partition coefficient (Wildman–Crippen LogP) is 2.94. The van der Waals surface area contributed by atoms with Crippen LogP contribution in [0.4, 0.5) is 18.0 Å². The van der Waals surface area contributed by atoms with Crippen molar-refractivity contribution in [2.75, 3.05) is 13.1 Å². The molecule has 0 spiro atoms. The number of hydrogen-bond donors (Lipinski definition) is 1. The Morgan fingerprint density at radius 2 is 2.12 bits per heavy atom. The number of aryl methyl sites for hydroxylation is 1. The van der Waals surface area contributed by atoms with Gasteiger partial charge in [-0.2, -0.15) is 18.2 Å². The molecular formula is C14H16F3N5O2S. The summed E-state index contributed by atoms with van der Waals surface area (Å²) in [5.41, 5.74) is -0.844. The maximum absolute atomic E-state index is 12.6. The lowest BCUT2D eigenvalue weighted by molar-refractivity contribution is -0.140. The molecule has 11 heteroatoms. The second-order valence-electron chi connectivity index (χ2n) is 5.72. The zero-order valence-corrected chi connectivity index (χ0v) is 14.2. The number of urea groups is 1. The Bertz CT molecular complexity index is 737. The minimum absolute atomic E-state index is 0.0509. The normalized spacial score (nSPS) is 16.2. The van der Waals surface area contributed by atoms with Gasteiger partial charge in [0.1, 0.15) is 0 Å². The van der Waals surface area contributed by atoms with Crippen molar-refractivity contribution in [1.29, 1.82) is 0 Å². The van der Waals surface area contributed by atoms with Crippen LogP contribution in [-0.4, -0.2) is 39.1 Å². The van der Waals surface area contributed by atoms with Crippen LogP contribution in [-0.2, 0) is 12.7 Å². The number of carbonyl (C=O) groups excluding carboxylic acids is 1. The molecule has 7 nitrogen and oxygen atoms in total. The Labute approximate surface area is 145 Å². The smallest absolute Gasteiger partial charge is 0.340 e. The summed E-state index contributed by atoms with van der Waals surface area (Å²) < 4.78 is 42.7. The van der Waals surface area contributed by atoms with Crippen molar-refractivity contribution < 1.29 is 22.5 Å². The summed E-state index contributed by atoms with van der Waals surface area (Å²) in [5.74, 6) is 0.764. The first-order valence-electron chi connectivity index (χ1n) is 7.67. The molecule has 0 aliphatic carbocycles. The van der Waals surface area contributed by atoms with E-state index in [1.807, 2.05) is 0 Å². The molecule has 2 aromatic rings. The summed E-state index contributed by atoms with van der Waals surface area (Å²) >= 11 is 1.03. The quantitative estimate of drug-likeness (QED) is 0.892. The van der Waals surface area contributed by atoms with Gasteiger partial charge in [-0.1, -0.05) is 5.16 Å². The van der Waals surface area contributed by atoms with Gasteiger partial charge in [-0.05, 0) is 12.8 Å². The van der Waals surface area contributed by atoms with E-state index in [-0.39, 0.29) is 18.5 Å². The number of carbonyl (C=O) groups is 1. The van der Waals surface area contributed by atoms with Gasteiger partial charge < -0.3 is 14.7 Å². The molecule has 1 aliphatic heterocycles. The van der Waals surface area contributed by atoms with E-state index in [9.17, 15) is 18.0 Å². The van der Waals surface area contributed by atoms with Gasteiger partial charge in [-0.15, -0.1) is 11.3 Å². The highest BCUT2D eigenvalue weighted by molar-refractivity contribution is 7.09. The number of halogens is 3. The summed E-state index contributed by atoms with van der Waals surface area (Å²) in [6.07, 6.45) is -3.25. The number of thiazole rings is 1. The number of likely N-dealkylation sites (tertiary alicyclic amines) is 1. The third-order valence-electron chi connectivity index (χ3n) is 3.91. The summed E-state index contributed by atoms with van der Waals surface area (Å²) in [6.45, 7) is 2.74. The zero-order chi connectivity index (χ0) is 18.0. The van der Waals surface area contributed by atoms with Crippen LogP contribution in [0.15, 0.2) is 9.90 Å². The van der Waals surface area contributed by atoms with Gasteiger partial charge in [0, 0.05) is 31.3 Å². The van der Waals surface area contributed by atoms with Gasteiger partial charge in [-0.25, -0.2) is 9.78 Å². The number of alkyl halides is 3. The van der Waals surface area contributed by atoms with Crippen LogP contribution in [0.5, 0.6) is 0 Å². The molecule has 0 aromatic carbocycles. The van der Waals surface area contributed by atoms with E-state index in [4.69, 9.17) is 4.52 Å². The van der Waals surface area contributed by atoms with Crippen molar-refractivity contribution in [3.63, 3.8) is 0 Å². The fourth-order valence-corrected chi connectivity index (χ4v) is 3.61. The molecule has 1 saturated heterocycles. The maximum atomic E-state index is 12.6. The van der Waals surface area contributed by atoms with Gasteiger partial charge in [0.15, 0.2) is 11.5 Å². The fraction of sp³-hybridized carbons (Fsp3) is 0.571. The lowest BCUT2D eigenvalue weighted by Gasteiger charge is -2.31. The van der Waals surface area contributed by atoms with Gasteiger partial charge in [0.2, 0.25) is 5.89 Å². The Balaban J connectivity index is 1.49. The highest BCUT2D eigenvalue weighted by Crippen LogP contribution is 2.35. The van der Waals surface area contributed by atoms with Gasteiger partial charge in [-0.3, -0.25) is 0 Å². The topological polar surface area (TPSA) is 84.2 Å². The van der Waals surface area contributed by atoms with Crippen LogP contribution in [0, 0.1) is 6.92 Å². The third-order valence-corrected chi connectivity index (χ3v) is 4.92. The summed E-state index contributed by atoms with van der Waals surface area (Å²) in [6, 6.07) is -0.254. The number of nitrogens with one attached hydrogen (secondary N) is 1. The molecule has 1 aliphatic rings. The van der Waals surface area contributed by atoms with E-state index in [1.54, 1.807) is 11.8 Å². The Morgan fingerprint density at radius 3 is 2.68 bits per heavy atom. The number of aromatic nitrogens is 3. The first-order valence-corrected chi connectivity index (χ1v) is 8.55. The highest BCUT2D eigenvalue weighted by Gasteiger charge is 2.35. The third kappa shape index (κ3) is 4.27. The fourth-order valence-electron chi connectivity index (χ4n) is 2.61. The molecule has 136 valence electrons. The summed E-state index contributed by atoms with van der Waals surface area (Å²) in [7, 11) is 0. The molecule has 3 rings (SSSR count). The lowest BCUT2D eigenvalue weighted by Crippen LogP contribution is -2.43. The van der Waals surface area contributed by atoms with Crippen molar-refractivity contribution in [3.8, 4) is 0 Å². The summed E-state index contributed by atoms with van der Waals surface area (Å²) in [4.78, 5) is 21.4. The zero-order valence-electron chi connectivity index (χ0n) is 13.3. The molecule has 0 saturated carbocycles. The Morgan fingerprint density at radius 1 is 1.40 bits per heavy atom. The van der Waals surface area contributed by atoms with Crippen LogP contribution in [0.25, 0.3) is 0 Å². The van der Waals surface area contributed by atoms with Crippen LogP contribution in [0.3, 0.4) is 0 Å². The SMILES string of the molecule is Cc1nc(CNC(=O)N2CCC(c3nc(C(F)(F)F)cs3)CC2)no1. The number of piperidine rings is 1. The molecule has 2 aromatic heterocycles. The molecule has 0 unspecified atom stereocenters. The average molecular weight is 375 g/mol.